The summed E-state index contributed by atoms with van der Waals surface area (Å²) in [7, 11) is 0. The summed E-state index contributed by atoms with van der Waals surface area (Å²) in [6.45, 7) is 2.26. The maximum atomic E-state index is 13.2. The second-order valence-corrected chi connectivity index (χ2v) is 7.11. The van der Waals surface area contributed by atoms with Gasteiger partial charge in [0.05, 0.1) is 17.3 Å². The number of rotatable bonds is 4. The van der Waals surface area contributed by atoms with E-state index in [1.165, 1.54) is 30.4 Å². The molecule has 1 aliphatic heterocycles. The summed E-state index contributed by atoms with van der Waals surface area (Å²) in [5, 5.41) is 1.88. The minimum absolute atomic E-state index is 0.0118. The number of amides is 1. The maximum Gasteiger partial charge on any atom is 0.227 e. The van der Waals surface area contributed by atoms with Gasteiger partial charge in [-0.1, -0.05) is 12.1 Å². The van der Waals surface area contributed by atoms with Gasteiger partial charge in [0.25, 0.3) is 0 Å². The Morgan fingerprint density at radius 2 is 2.00 bits per heavy atom. The third-order valence-corrected chi connectivity index (χ3v) is 5.51. The zero-order valence-corrected chi connectivity index (χ0v) is 14.4. The Morgan fingerprint density at radius 1 is 1.25 bits per heavy atom. The molecular weight excluding hydrogens is 325 g/mol. The highest BCUT2D eigenvalue weighted by molar-refractivity contribution is 7.12. The normalized spacial score (nSPS) is 17.8. The number of carbonyl (C=O) groups excluding carboxylic acids is 2. The summed E-state index contributed by atoms with van der Waals surface area (Å²) in [5.41, 5.74) is 1.87. The molecule has 24 heavy (non-hydrogen) atoms. The van der Waals surface area contributed by atoms with Crippen LogP contribution >= 0.6 is 11.3 Å². The first kappa shape index (κ1) is 16.8. The third-order valence-electron chi connectivity index (χ3n) is 4.43. The monoisotopic (exact) mass is 345 g/mol. The number of nitrogens with zero attached hydrogens (tertiary/aromatic N) is 1. The highest BCUT2D eigenvalue weighted by atomic mass is 32.1. The molecule has 0 N–H and O–H groups in total. The van der Waals surface area contributed by atoms with E-state index in [2.05, 4.69) is 0 Å². The second kappa shape index (κ2) is 7.26. The van der Waals surface area contributed by atoms with Gasteiger partial charge >= 0.3 is 0 Å². The molecule has 0 spiro atoms. The van der Waals surface area contributed by atoms with E-state index >= 15 is 0 Å². The number of hydrogen-bond acceptors (Lipinski definition) is 3. The first-order valence-electron chi connectivity index (χ1n) is 8.18. The van der Waals surface area contributed by atoms with Crippen molar-refractivity contribution in [3.63, 3.8) is 0 Å². The van der Waals surface area contributed by atoms with Crippen LogP contribution in [0.15, 0.2) is 35.7 Å². The number of carbonyl (C=O) groups is 2. The van der Waals surface area contributed by atoms with Gasteiger partial charge in [-0.3, -0.25) is 9.59 Å². The van der Waals surface area contributed by atoms with Crippen molar-refractivity contribution in [1.29, 1.82) is 0 Å². The topological polar surface area (TPSA) is 37.4 Å². The first-order chi connectivity index (χ1) is 11.5. The Labute approximate surface area is 145 Å². The molecule has 0 saturated carbocycles. The van der Waals surface area contributed by atoms with E-state index in [1.807, 2.05) is 16.3 Å². The molecule has 2 aromatic rings. The largest absolute Gasteiger partial charge is 0.335 e. The van der Waals surface area contributed by atoms with E-state index in [0.717, 1.165) is 36.9 Å². The summed E-state index contributed by atoms with van der Waals surface area (Å²) in [6.07, 6.45) is 3.27. The molecule has 1 atom stereocenters. The minimum atomic E-state index is -0.262. The molecule has 0 radical (unpaired) electrons. The number of thiophene rings is 1. The molecule has 1 aromatic heterocycles. The van der Waals surface area contributed by atoms with E-state index in [-0.39, 0.29) is 23.5 Å². The van der Waals surface area contributed by atoms with Crippen LogP contribution in [0.5, 0.6) is 0 Å². The molecule has 1 aromatic carbocycles. The number of Topliss-reactive ketones (excluding diaryl/α,β-unsaturated/α-hetero) is 1. The van der Waals surface area contributed by atoms with Crippen LogP contribution in [-0.4, -0.2) is 23.1 Å². The predicted molar refractivity (Wildman–Crippen MR) is 92.7 cm³/mol. The number of halogens is 1. The fourth-order valence-electron chi connectivity index (χ4n) is 3.19. The van der Waals surface area contributed by atoms with Crippen molar-refractivity contribution in [2.45, 2.75) is 38.6 Å². The molecule has 126 valence electrons. The van der Waals surface area contributed by atoms with Crippen molar-refractivity contribution >= 4 is 23.0 Å². The van der Waals surface area contributed by atoms with Crippen LogP contribution in [0.25, 0.3) is 0 Å². The average Bonchev–Trinajstić information content (AvgIpc) is 3.04. The SMILES string of the molecule is CC(=O)c1cc(CC(=O)N2CCCC[C@H]2c2ccc(F)cc2)cs1. The number of benzene rings is 1. The predicted octanol–water partition coefficient (Wildman–Crippen LogP) is 4.39. The first-order valence-corrected chi connectivity index (χ1v) is 9.06. The zero-order chi connectivity index (χ0) is 17.1. The van der Waals surface area contributed by atoms with Gasteiger partial charge in [0.1, 0.15) is 5.82 Å². The highest BCUT2D eigenvalue weighted by Gasteiger charge is 2.28. The van der Waals surface area contributed by atoms with Gasteiger partial charge in [-0.2, -0.15) is 0 Å². The molecule has 0 aliphatic carbocycles. The van der Waals surface area contributed by atoms with Crippen molar-refractivity contribution in [1.82, 2.24) is 4.90 Å². The van der Waals surface area contributed by atoms with Crippen molar-refractivity contribution < 1.29 is 14.0 Å². The van der Waals surface area contributed by atoms with E-state index in [1.54, 1.807) is 12.1 Å². The lowest BCUT2D eigenvalue weighted by Crippen LogP contribution is -2.39. The molecule has 0 bridgehead atoms. The Balaban J connectivity index is 1.75. The third kappa shape index (κ3) is 3.73. The standard InChI is InChI=1S/C19H20FNO2S/c1-13(22)18-10-14(12-24-18)11-19(23)21-9-3-2-4-17(21)15-5-7-16(20)8-6-15/h5-8,10,12,17H,2-4,9,11H2,1H3/t17-/m0/s1. The lowest BCUT2D eigenvalue weighted by Gasteiger charge is -2.36. The van der Waals surface area contributed by atoms with Gasteiger partial charge < -0.3 is 4.90 Å². The molecule has 3 nitrogen and oxygen atoms in total. The van der Waals surface area contributed by atoms with Crippen LogP contribution in [0.4, 0.5) is 4.39 Å². The molecule has 1 saturated heterocycles. The minimum Gasteiger partial charge on any atom is -0.335 e. The van der Waals surface area contributed by atoms with Crippen LogP contribution in [0.3, 0.4) is 0 Å². The Kier molecular flexibility index (Phi) is 5.09. The van der Waals surface area contributed by atoms with Gasteiger partial charge in [0.2, 0.25) is 5.91 Å². The molecule has 1 aliphatic rings. The molecular formula is C19H20FNO2S. The summed E-state index contributed by atoms with van der Waals surface area (Å²) < 4.78 is 13.2. The Morgan fingerprint density at radius 3 is 2.67 bits per heavy atom. The van der Waals surface area contributed by atoms with Crippen LogP contribution in [0, 0.1) is 5.82 Å². The van der Waals surface area contributed by atoms with Crippen LogP contribution in [0.1, 0.15) is 53.0 Å². The average molecular weight is 345 g/mol. The van der Waals surface area contributed by atoms with E-state index in [4.69, 9.17) is 0 Å². The lowest BCUT2D eigenvalue weighted by atomic mass is 9.94. The highest BCUT2D eigenvalue weighted by Crippen LogP contribution is 2.31. The Bertz CT molecular complexity index is 738. The lowest BCUT2D eigenvalue weighted by molar-refractivity contribution is -0.134. The second-order valence-electron chi connectivity index (χ2n) is 6.20. The summed E-state index contributed by atoms with van der Waals surface area (Å²) in [4.78, 5) is 26.8. The summed E-state index contributed by atoms with van der Waals surface area (Å²) in [5.74, 6) is -0.166. The van der Waals surface area contributed by atoms with Crippen LogP contribution in [-0.2, 0) is 11.2 Å². The van der Waals surface area contributed by atoms with E-state index < -0.39 is 0 Å². The number of ketones is 1. The molecule has 2 heterocycles. The summed E-state index contributed by atoms with van der Waals surface area (Å²) >= 11 is 1.38. The number of hydrogen-bond donors (Lipinski definition) is 0. The van der Waals surface area contributed by atoms with Gasteiger partial charge in [-0.05, 0) is 60.9 Å². The van der Waals surface area contributed by atoms with E-state index in [0.29, 0.717) is 11.3 Å². The smallest absolute Gasteiger partial charge is 0.227 e. The van der Waals surface area contributed by atoms with Crippen LogP contribution in [0.2, 0.25) is 0 Å². The zero-order valence-electron chi connectivity index (χ0n) is 13.6. The molecule has 5 heteroatoms. The van der Waals surface area contributed by atoms with E-state index in [9.17, 15) is 14.0 Å². The molecule has 1 amide bonds. The van der Waals surface area contributed by atoms with Crippen molar-refractivity contribution in [2.75, 3.05) is 6.54 Å². The fraction of sp³-hybridized carbons (Fsp3) is 0.368. The van der Waals surface area contributed by atoms with Crippen molar-refractivity contribution in [2.24, 2.45) is 0 Å². The van der Waals surface area contributed by atoms with Crippen molar-refractivity contribution in [3.8, 4) is 0 Å². The molecule has 1 fully saturated rings. The summed E-state index contributed by atoms with van der Waals surface area (Å²) in [6, 6.07) is 8.25. The maximum absolute atomic E-state index is 13.2. The van der Waals surface area contributed by atoms with Gasteiger partial charge in [0.15, 0.2) is 5.78 Å². The number of piperidine rings is 1. The van der Waals surface area contributed by atoms with Gasteiger partial charge in [0, 0.05) is 6.54 Å². The van der Waals surface area contributed by atoms with Crippen LogP contribution < -0.4 is 0 Å². The number of likely N-dealkylation sites (tertiary alicyclic amines) is 1. The molecule has 3 rings (SSSR count). The Hall–Kier alpha value is -2.01. The molecule has 0 unspecified atom stereocenters. The fourth-order valence-corrected chi connectivity index (χ4v) is 4.01. The quantitative estimate of drug-likeness (QED) is 0.771. The van der Waals surface area contributed by atoms with Gasteiger partial charge in [-0.25, -0.2) is 4.39 Å². The van der Waals surface area contributed by atoms with Crippen molar-refractivity contribution in [3.05, 3.63) is 57.5 Å². The van der Waals surface area contributed by atoms with Gasteiger partial charge in [-0.15, -0.1) is 11.3 Å².